The lowest BCUT2D eigenvalue weighted by Gasteiger charge is -2.27. The van der Waals surface area contributed by atoms with Gasteiger partial charge in [0, 0.05) is 26.1 Å². The van der Waals surface area contributed by atoms with E-state index in [9.17, 15) is 9.90 Å². The summed E-state index contributed by atoms with van der Waals surface area (Å²) in [6.45, 7) is 3.03. The molecule has 5 heteroatoms. The first-order valence-electron chi connectivity index (χ1n) is 5.85. The van der Waals surface area contributed by atoms with Crippen molar-refractivity contribution < 1.29 is 14.6 Å². The fourth-order valence-corrected chi connectivity index (χ4v) is 2.10. The van der Waals surface area contributed by atoms with E-state index in [1.54, 1.807) is 0 Å². The van der Waals surface area contributed by atoms with Crippen molar-refractivity contribution in [3.05, 3.63) is 0 Å². The Balaban J connectivity index is 1.85. The van der Waals surface area contributed by atoms with E-state index >= 15 is 0 Å². The van der Waals surface area contributed by atoms with Crippen molar-refractivity contribution in [1.29, 1.82) is 0 Å². The molecule has 2 atom stereocenters. The Morgan fingerprint density at radius 3 is 2.69 bits per heavy atom. The molecular weight excluding hydrogens is 208 g/mol. The molecule has 5 nitrogen and oxygen atoms in total. The van der Waals surface area contributed by atoms with Gasteiger partial charge in [-0.1, -0.05) is 0 Å². The molecule has 1 saturated carbocycles. The molecule has 2 fully saturated rings. The van der Waals surface area contributed by atoms with E-state index in [1.165, 1.54) is 0 Å². The minimum absolute atomic E-state index is 0.0254. The topological polar surface area (TPSA) is 84.6 Å². The van der Waals surface area contributed by atoms with Crippen molar-refractivity contribution >= 4 is 5.91 Å². The molecule has 4 N–H and O–H groups in total. The number of carbonyl (C=O) groups is 1. The third kappa shape index (κ3) is 1.95. The number of amides is 1. The fraction of sp³-hybridized carbons (Fsp3) is 0.909. The quantitative estimate of drug-likeness (QED) is 0.599. The number of hydrogen-bond acceptors (Lipinski definition) is 4. The highest BCUT2D eigenvalue weighted by atomic mass is 16.5. The molecule has 92 valence electrons. The van der Waals surface area contributed by atoms with Crippen molar-refractivity contribution in [2.75, 3.05) is 19.7 Å². The van der Waals surface area contributed by atoms with Crippen LogP contribution in [0.4, 0.5) is 0 Å². The van der Waals surface area contributed by atoms with Crippen LogP contribution < -0.4 is 11.1 Å². The zero-order valence-corrected chi connectivity index (χ0v) is 9.66. The van der Waals surface area contributed by atoms with Crippen molar-refractivity contribution in [2.45, 2.75) is 37.9 Å². The summed E-state index contributed by atoms with van der Waals surface area (Å²) in [5.41, 5.74) is 4.30. The second kappa shape index (κ2) is 3.98. The van der Waals surface area contributed by atoms with E-state index in [4.69, 9.17) is 10.5 Å². The summed E-state index contributed by atoms with van der Waals surface area (Å²) in [6, 6.07) is 0. The lowest BCUT2D eigenvalue weighted by Crippen LogP contribution is -2.49. The molecule has 2 aliphatic rings. The zero-order valence-electron chi connectivity index (χ0n) is 9.66. The summed E-state index contributed by atoms with van der Waals surface area (Å²) in [5.74, 6) is -0.0254. The predicted molar refractivity (Wildman–Crippen MR) is 58.7 cm³/mol. The average molecular weight is 228 g/mol. The molecule has 0 spiro atoms. The lowest BCUT2D eigenvalue weighted by atomic mass is 9.96. The Morgan fingerprint density at radius 1 is 1.56 bits per heavy atom. The Morgan fingerprint density at radius 2 is 2.25 bits per heavy atom. The Bertz CT molecular complexity index is 291. The molecular formula is C11H20N2O3. The van der Waals surface area contributed by atoms with E-state index < -0.39 is 5.60 Å². The molecule has 0 aromatic rings. The van der Waals surface area contributed by atoms with Gasteiger partial charge in [-0.2, -0.15) is 0 Å². The van der Waals surface area contributed by atoms with E-state index in [0.29, 0.717) is 19.6 Å². The molecule has 1 amide bonds. The number of carbonyl (C=O) groups excluding carboxylic acids is 1. The number of nitrogens with one attached hydrogen (secondary N) is 1. The first kappa shape index (κ1) is 11.8. The van der Waals surface area contributed by atoms with Gasteiger partial charge < -0.3 is 20.9 Å². The summed E-state index contributed by atoms with van der Waals surface area (Å²) in [6.07, 6.45) is 2.07. The average Bonchev–Trinajstić information content (AvgIpc) is 3.00. The van der Waals surface area contributed by atoms with Gasteiger partial charge in [0.15, 0.2) is 0 Å². The van der Waals surface area contributed by atoms with Gasteiger partial charge >= 0.3 is 0 Å². The van der Waals surface area contributed by atoms with Crippen LogP contribution in [0.5, 0.6) is 0 Å². The molecule has 16 heavy (non-hydrogen) atoms. The predicted octanol–water partition coefficient (Wildman–Crippen LogP) is -0.619. The van der Waals surface area contributed by atoms with Gasteiger partial charge in [-0.15, -0.1) is 0 Å². The molecule has 0 aromatic carbocycles. The maximum Gasteiger partial charge on any atom is 0.227 e. The van der Waals surface area contributed by atoms with Crippen LogP contribution in [-0.4, -0.2) is 42.4 Å². The molecule has 1 saturated heterocycles. The zero-order chi connectivity index (χ0) is 11.8. The summed E-state index contributed by atoms with van der Waals surface area (Å²) in [7, 11) is 0. The highest BCUT2D eigenvalue weighted by Crippen LogP contribution is 2.44. The smallest absolute Gasteiger partial charge is 0.227 e. The van der Waals surface area contributed by atoms with E-state index in [2.05, 4.69) is 5.32 Å². The van der Waals surface area contributed by atoms with Crippen molar-refractivity contribution in [3.63, 3.8) is 0 Å². The van der Waals surface area contributed by atoms with Gasteiger partial charge in [0.1, 0.15) is 5.60 Å². The van der Waals surface area contributed by atoms with Crippen molar-refractivity contribution in [3.8, 4) is 0 Å². The summed E-state index contributed by atoms with van der Waals surface area (Å²) in [5, 5.41) is 13.0. The van der Waals surface area contributed by atoms with Gasteiger partial charge in [0.25, 0.3) is 0 Å². The Hall–Kier alpha value is -0.650. The standard InChI is InChI=1S/C11H20N2O3/c1-8-11(15,4-5-16-8)7-13-9(14)10(6-12)2-3-10/h8,15H,2-7,12H2,1H3,(H,13,14). The lowest BCUT2D eigenvalue weighted by molar-refractivity contribution is -0.127. The monoisotopic (exact) mass is 228 g/mol. The third-order valence-electron chi connectivity index (χ3n) is 3.94. The number of nitrogens with two attached hydrogens (primary N) is 1. The van der Waals surface area contributed by atoms with E-state index in [0.717, 1.165) is 12.8 Å². The third-order valence-corrected chi connectivity index (χ3v) is 3.94. The fourth-order valence-electron chi connectivity index (χ4n) is 2.10. The molecule has 0 radical (unpaired) electrons. The largest absolute Gasteiger partial charge is 0.385 e. The van der Waals surface area contributed by atoms with Crippen LogP contribution in [0.25, 0.3) is 0 Å². The van der Waals surface area contributed by atoms with Crippen LogP contribution in [0.3, 0.4) is 0 Å². The van der Waals surface area contributed by atoms with Crippen LogP contribution in [0, 0.1) is 5.41 Å². The van der Waals surface area contributed by atoms with Gasteiger partial charge in [-0.25, -0.2) is 0 Å². The van der Waals surface area contributed by atoms with Gasteiger partial charge in [0.2, 0.25) is 5.91 Å². The molecule has 0 bridgehead atoms. The summed E-state index contributed by atoms with van der Waals surface area (Å²) < 4.78 is 5.30. The number of aliphatic hydroxyl groups is 1. The van der Waals surface area contributed by atoms with Crippen molar-refractivity contribution in [1.82, 2.24) is 5.32 Å². The van der Waals surface area contributed by atoms with Crippen molar-refractivity contribution in [2.24, 2.45) is 11.1 Å². The van der Waals surface area contributed by atoms with E-state index in [1.807, 2.05) is 6.92 Å². The number of rotatable bonds is 4. The summed E-state index contributed by atoms with van der Waals surface area (Å²) >= 11 is 0. The minimum atomic E-state index is -0.916. The van der Waals surface area contributed by atoms with Crippen LogP contribution >= 0.6 is 0 Å². The molecule has 1 aliphatic heterocycles. The van der Waals surface area contributed by atoms with Crippen LogP contribution in [0.1, 0.15) is 26.2 Å². The van der Waals surface area contributed by atoms with Gasteiger partial charge in [0.05, 0.1) is 11.5 Å². The highest BCUT2D eigenvalue weighted by Gasteiger charge is 2.49. The van der Waals surface area contributed by atoms with Crippen LogP contribution in [0.2, 0.25) is 0 Å². The molecule has 1 heterocycles. The maximum atomic E-state index is 11.8. The van der Waals surface area contributed by atoms with Gasteiger partial charge in [-0.3, -0.25) is 4.79 Å². The molecule has 1 aliphatic carbocycles. The molecule has 2 rings (SSSR count). The SMILES string of the molecule is CC1OCCC1(O)CNC(=O)C1(CN)CC1. The number of ether oxygens (including phenoxy) is 1. The highest BCUT2D eigenvalue weighted by molar-refractivity contribution is 5.85. The minimum Gasteiger partial charge on any atom is -0.385 e. The molecule has 2 unspecified atom stereocenters. The second-order valence-corrected chi connectivity index (χ2v) is 5.03. The number of hydrogen-bond donors (Lipinski definition) is 3. The first-order chi connectivity index (χ1) is 7.52. The Labute approximate surface area is 95.3 Å². The van der Waals surface area contributed by atoms with Crippen LogP contribution in [-0.2, 0) is 9.53 Å². The summed E-state index contributed by atoms with van der Waals surface area (Å²) in [4.78, 5) is 11.8. The van der Waals surface area contributed by atoms with Gasteiger partial charge in [-0.05, 0) is 19.8 Å². The maximum absolute atomic E-state index is 11.8. The normalized spacial score (nSPS) is 36.1. The van der Waals surface area contributed by atoms with Crippen LogP contribution in [0.15, 0.2) is 0 Å². The van der Waals surface area contributed by atoms with E-state index in [-0.39, 0.29) is 24.0 Å². The second-order valence-electron chi connectivity index (χ2n) is 5.03. The Kier molecular flexibility index (Phi) is 2.94. The molecule has 0 aromatic heterocycles. The first-order valence-corrected chi connectivity index (χ1v) is 5.85.